The van der Waals surface area contributed by atoms with Gasteiger partial charge in [-0.3, -0.25) is 6.08 Å². The van der Waals surface area contributed by atoms with Gasteiger partial charge in [-0.1, -0.05) is 26.0 Å². The molecule has 0 nitrogen and oxygen atoms in total. The topological polar surface area (TPSA) is 0 Å². The fourth-order valence-electron chi connectivity index (χ4n) is 0.340. The molecule has 0 heterocycles. The summed E-state index contributed by atoms with van der Waals surface area (Å²) in [4.78, 5) is 0. The van der Waals surface area contributed by atoms with E-state index in [9.17, 15) is 0 Å². The van der Waals surface area contributed by atoms with Crippen LogP contribution in [0.15, 0.2) is 43.5 Å². The van der Waals surface area contributed by atoms with Crippen molar-refractivity contribution < 1.29 is 24.1 Å². The van der Waals surface area contributed by atoms with E-state index in [-0.39, 0.29) is 24.1 Å². The van der Waals surface area contributed by atoms with E-state index in [1.54, 1.807) is 0 Å². The summed E-state index contributed by atoms with van der Waals surface area (Å²) in [6.07, 6.45) is 15.9. The Kier molecular flexibility index (Phi) is 31.5. The predicted octanol–water partition coefficient (Wildman–Crippen LogP) is 4.81. The Labute approximate surface area is 107 Å². The molecule has 14 heavy (non-hydrogen) atoms. The Morgan fingerprint density at radius 3 is 1.79 bits per heavy atom. The third kappa shape index (κ3) is 29.9. The molecule has 0 saturated heterocycles. The van der Waals surface area contributed by atoms with Crippen LogP contribution in [0.2, 0.25) is 0 Å². The molecule has 1 heteroatoms. The molecule has 0 aromatic heterocycles. The zero-order chi connectivity index (χ0) is 10.4. The van der Waals surface area contributed by atoms with Gasteiger partial charge in [-0.2, -0.15) is 6.08 Å². The third-order valence-electron chi connectivity index (χ3n) is 1.16. The minimum absolute atomic E-state index is 0. The van der Waals surface area contributed by atoms with Crippen LogP contribution < -0.4 is 0 Å². The summed E-state index contributed by atoms with van der Waals surface area (Å²) >= 11 is 0. The van der Waals surface area contributed by atoms with Gasteiger partial charge >= 0.3 is 19.8 Å². The summed E-state index contributed by atoms with van der Waals surface area (Å²) < 4.78 is 0. The first kappa shape index (κ1) is 19.2. The van der Waals surface area contributed by atoms with Crippen LogP contribution in [-0.4, -0.2) is 0 Å². The molecule has 0 N–H and O–H groups in total. The molecule has 0 radical (unpaired) electrons. The van der Waals surface area contributed by atoms with E-state index in [1.165, 1.54) is 0 Å². The molecule has 0 aromatic carbocycles. The normalized spacial score (nSPS) is 9.86. The standard InChI is InChI=1S/C5H5.2C4H8.Os.3H/c1-2-4-5-3-1;2*1-3-4-2;;;;/h1-3H,4H2;2*3H,1,4H2,2H3;;;;/q-1;;;+4;3*-1. The third-order valence-corrected chi connectivity index (χ3v) is 1.16. The largest absolute Gasteiger partial charge is 4.00 e. The summed E-state index contributed by atoms with van der Waals surface area (Å²) in [6.45, 7) is 11.1. The van der Waals surface area contributed by atoms with Crippen LogP contribution in [0.3, 0.4) is 0 Å². The van der Waals surface area contributed by atoms with Gasteiger partial charge in [0.05, 0.1) is 0 Å². The Morgan fingerprint density at radius 2 is 1.71 bits per heavy atom. The van der Waals surface area contributed by atoms with Crippen molar-refractivity contribution >= 4 is 0 Å². The van der Waals surface area contributed by atoms with Crippen LogP contribution in [0.5, 0.6) is 0 Å². The maximum Gasteiger partial charge on any atom is 4.00 e. The van der Waals surface area contributed by atoms with E-state index in [2.05, 4.69) is 39.2 Å². The second kappa shape index (κ2) is 22.9. The van der Waals surface area contributed by atoms with Gasteiger partial charge in [-0.25, -0.2) is 12.2 Å². The van der Waals surface area contributed by atoms with E-state index >= 15 is 0 Å². The monoisotopic (exact) mass is 372 g/mol. The second-order valence-corrected chi connectivity index (χ2v) is 2.40. The molecule has 1 aliphatic carbocycles. The summed E-state index contributed by atoms with van der Waals surface area (Å²) in [7, 11) is 0. The van der Waals surface area contributed by atoms with Crippen LogP contribution in [0.4, 0.5) is 0 Å². The first-order chi connectivity index (χ1) is 6.33. The van der Waals surface area contributed by atoms with Crippen LogP contribution in [0.1, 0.15) is 37.4 Å². The molecule has 0 spiro atoms. The fourth-order valence-corrected chi connectivity index (χ4v) is 0.340. The van der Waals surface area contributed by atoms with Gasteiger partial charge < -0.3 is 4.28 Å². The number of rotatable bonds is 2. The van der Waals surface area contributed by atoms with E-state index in [1.807, 2.05) is 24.3 Å². The number of hydrogen-bond acceptors (Lipinski definition) is 0. The van der Waals surface area contributed by atoms with E-state index in [4.69, 9.17) is 0 Å². The molecular weight excluding hydrogens is 346 g/mol. The predicted molar refractivity (Wildman–Crippen MR) is 65.9 cm³/mol. The van der Waals surface area contributed by atoms with Crippen molar-refractivity contribution in [1.82, 2.24) is 0 Å². The van der Waals surface area contributed by atoms with Gasteiger partial charge in [0.2, 0.25) is 0 Å². The van der Waals surface area contributed by atoms with Crippen molar-refractivity contribution in [2.75, 3.05) is 0 Å². The summed E-state index contributed by atoms with van der Waals surface area (Å²) in [5, 5.41) is 0. The minimum atomic E-state index is 0. The average molecular weight is 371 g/mol. The van der Waals surface area contributed by atoms with E-state index in [0.29, 0.717) is 0 Å². The number of allylic oxidation sites excluding steroid dienone is 6. The van der Waals surface area contributed by atoms with E-state index < -0.39 is 0 Å². The van der Waals surface area contributed by atoms with Gasteiger partial charge in [0.25, 0.3) is 0 Å². The molecule has 0 fully saturated rings. The van der Waals surface area contributed by atoms with Crippen LogP contribution >= 0.6 is 0 Å². The quantitative estimate of drug-likeness (QED) is 0.484. The zero-order valence-electron chi connectivity index (χ0n) is 12.3. The fraction of sp³-hybridized carbons (Fsp3) is 0.385. The van der Waals surface area contributed by atoms with Gasteiger partial charge in [0.15, 0.2) is 0 Å². The zero-order valence-corrected chi connectivity index (χ0v) is 11.8. The van der Waals surface area contributed by atoms with Gasteiger partial charge in [0.1, 0.15) is 0 Å². The van der Waals surface area contributed by atoms with Gasteiger partial charge in [-0.05, 0) is 12.8 Å². The molecular formula is C13H24Os. The number of hydrogen-bond donors (Lipinski definition) is 0. The Morgan fingerprint density at radius 1 is 1.29 bits per heavy atom. The first-order valence-corrected chi connectivity index (χ1v) is 4.76. The van der Waals surface area contributed by atoms with Crippen LogP contribution in [0.25, 0.3) is 0 Å². The molecule has 0 atom stereocenters. The second-order valence-electron chi connectivity index (χ2n) is 2.40. The van der Waals surface area contributed by atoms with Crippen molar-refractivity contribution in [3.63, 3.8) is 0 Å². The van der Waals surface area contributed by atoms with Crippen molar-refractivity contribution in [2.24, 2.45) is 0 Å². The SMILES string of the molecule is C=CCC.C=CCC.[C-]1=CC=CC1.[H-].[H-].[H-].[Os+4]. The average Bonchev–Trinajstić information content (AvgIpc) is 2.76. The molecule has 0 unspecified atom stereocenters. The maximum atomic E-state index is 3.48. The molecule has 84 valence electrons. The van der Waals surface area contributed by atoms with Crippen molar-refractivity contribution in [3.05, 3.63) is 49.6 Å². The molecule has 0 bridgehead atoms. The van der Waals surface area contributed by atoms with Crippen LogP contribution in [-0.2, 0) is 19.8 Å². The molecule has 0 saturated carbocycles. The van der Waals surface area contributed by atoms with Crippen molar-refractivity contribution in [1.29, 1.82) is 0 Å². The summed E-state index contributed by atoms with van der Waals surface area (Å²) in [5.74, 6) is 0. The Balaban J connectivity index is -0.0000000242. The maximum absolute atomic E-state index is 3.48. The Bertz CT molecular complexity index is 148. The van der Waals surface area contributed by atoms with Gasteiger partial charge in [-0.15, -0.1) is 19.6 Å². The summed E-state index contributed by atoms with van der Waals surface area (Å²) in [5.41, 5.74) is 0. The molecule has 0 aromatic rings. The van der Waals surface area contributed by atoms with Crippen LogP contribution in [0, 0.1) is 6.08 Å². The van der Waals surface area contributed by atoms with Gasteiger partial charge in [0, 0.05) is 0 Å². The molecule has 0 amide bonds. The smallest absolute Gasteiger partial charge is 1.00 e. The van der Waals surface area contributed by atoms with Crippen molar-refractivity contribution in [3.8, 4) is 0 Å². The molecule has 0 aliphatic heterocycles. The van der Waals surface area contributed by atoms with E-state index in [0.717, 1.165) is 19.3 Å². The first-order valence-electron chi connectivity index (χ1n) is 4.76. The molecule has 1 aliphatic rings. The minimum Gasteiger partial charge on any atom is -1.00 e. The Hall–Kier alpha value is -0.404. The molecule has 1 rings (SSSR count). The van der Waals surface area contributed by atoms with Crippen molar-refractivity contribution in [2.45, 2.75) is 33.1 Å². The summed E-state index contributed by atoms with van der Waals surface area (Å²) in [6, 6.07) is 0.